The van der Waals surface area contributed by atoms with E-state index >= 15 is 0 Å². The Labute approximate surface area is 119 Å². The van der Waals surface area contributed by atoms with Crippen molar-refractivity contribution in [1.82, 2.24) is 20.1 Å². The standard InChI is InChI=1S/C13H13N5OS/c14-5-4-12-16-10(8-20-12)13-17-11(18-19-13)7-9-3-1-2-6-15-9/h1-3,6,8H,4-5,7,14H2. The first kappa shape index (κ1) is 12.9. The molecule has 7 heteroatoms. The number of hydrogen-bond donors (Lipinski definition) is 1. The molecule has 0 aromatic carbocycles. The number of pyridine rings is 1. The molecule has 3 rings (SSSR count). The molecular formula is C13H13N5OS. The third-order valence-corrected chi connectivity index (χ3v) is 3.57. The maximum absolute atomic E-state index is 5.51. The summed E-state index contributed by atoms with van der Waals surface area (Å²) < 4.78 is 5.24. The van der Waals surface area contributed by atoms with Gasteiger partial charge in [0.1, 0.15) is 5.69 Å². The first-order valence-corrected chi connectivity index (χ1v) is 7.10. The highest BCUT2D eigenvalue weighted by atomic mass is 32.1. The van der Waals surface area contributed by atoms with E-state index in [1.807, 2.05) is 23.6 Å². The van der Waals surface area contributed by atoms with Gasteiger partial charge in [0.15, 0.2) is 5.82 Å². The van der Waals surface area contributed by atoms with Crippen LogP contribution >= 0.6 is 11.3 Å². The van der Waals surface area contributed by atoms with Crippen LogP contribution in [0, 0.1) is 0 Å². The smallest absolute Gasteiger partial charge is 0.277 e. The van der Waals surface area contributed by atoms with Crippen LogP contribution in [0.2, 0.25) is 0 Å². The van der Waals surface area contributed by atoms with E-state index in [1.165, 1.54) is 0 Å². The lowest BCUT2D eigenvalue weighted by Crippen LogP contribution is -2.01. The molecule has 3 heterocycles. The minimum absolute atomic E-state index is 0.440. The van der Waals surface area contributed by atoms with Gasteiger partial charge < -0.3 is 10.3 Å². The molecule has 0 spiro atoms. The number of hydrogen-bond acceptors (Lipinski definition) is 7. The van der Waals surface area contributed by atoms with Gasteiger partial charge in [-0.25, -0.2) is 4.98 Å². The summed E-state index contributed by atoms with van der Waals surface area (Å²) in [5.74, 6) is 1.04. The fourth-order valence-corrected chi connectivity index (χ4v) is 2.53. The van der Waals surface area contributed by atoms with E-state index in [9.17, 15) is 0 Å². The highest BCUT2D eigenvalue weighted by Crippen LogP contribution is 2.20. The second-order valence-electron chi connectivity index (χ2n) is 4.18. The van der Waals surface area contributed by atoms with Crippen molar-refractivity contribution >= 4 is 11.3 Å². The van der Waals surface area contributed by atoms with Crippen LogP contribution in [0.5, 0.6) is 0 Å². The number of thiazole rings is 1. The van der Waals surface area contributed by atoms with E-state index in [1.54, 1.807) is 17.5 Å². The van der Waals surface area contributed by atoms with E-state index in [0.29, 0.717) is 30.4 Å². The average Bonchev–Trinajstić information content (AvgIpc) is 3.10. The van der Waals surface area contributed by atoms with Crippen molar-refractivity contribution in [3.05, 3.63) is 46.3 Å². The molecule has 0 saturated heterocycles. The summed E-state index contributed by atoms with van der Waals surface area (Å²) >= 11 is 1.55. The fourth-order valence-electron chi connectivity index (χ4n) is 1.74. The maximum atomic E-state index is 5.51. The van der Waals surface area contributed by atoms with Gasteiger partial charge in [0.25, 0.3) is 5.89 Å². The molecule has 0 unspecified atom stereocenters. The van der Waals surface area contributed by atoms with E-state index in [-0.39, 0.29) is 0 Å². The number of rotatable bonds is 5. The van der Waals surface area contributed by atoms with Gasteiger partial charge in [-0.05, 0) is 18.7 Å². The van der Waals surface area contributed by atoms with Crippen LogP contribution in [-0.2, 0) is 12.8 Å². The Bertz CT molecular complexity index is 679. The van der Waals surface area contributed by atoms with Crippen molar-refractivity contribution in [1.29, 1.82) is 0 Å². The molecule has 0 aliphatic heterocycles. The normalized spacial score (nSPS) is 10.8. The number of nitrogens with zero attached hydrogens (tertiary/aromatic N) is 4. The summed E-state index contributed by atoms with van der Waals surface area (Å²) in [5, 5.41) is 6.84. The molecule has 0 aliphatic rings. The fraction of sp³-hybridized carbons (Fsp3) is 0.231. The third kappa shape index (κ3) is 2.89. The summed E-state index contributed by atoms with van der Waals surface area (Å²) in [6.07, 6.45) is 3.06. The molecule has 3 aromatic rings. The molecule has 20 heavy (non-hydrogen) atoms. The lowest BCUT2D eigenvalue weighted by Gasteiger charge is -1.92. The first-order chi connectivity index (χ1) is 9.85. The SMILES string of the molecule is NCCc1nc(-c2nc(Cc3ccccn3)no2)cs1. The third-order valence-electron chi connectivity index (χ3n) is 2.66. The zero-order valence-corrected chi connectivity index (χ0v) is 11.5. The zero-order valence-electron chi connectivity index (χ0n) is 10.7. The van der Waals surface area contributed by atoms with Crippen LogP contribution in [0.3, 0.4) is 0 Å². The Hall–Kier alpha value is -2.12. The average molecular weight is 287 g/mol. The van der Waals surface area contributed by atoms with Crippen molar-refractivity contribution in [2.75, 3.05) is 6.54 Å². The van der Waals surface area contributed by atoms with Gasteiger partial charge in [-0.15, -0.1) is 11.3 Å². The van der Waals surface area contributed by atoms with Gasteiger partial charge in [-0.3, -0.25) is 4.98 Å². The molecule has 0 bridgehead atoms. The Morgan fingerprint density at radius 1 is 1.25 bits per heavy atom. The number of aromatic nitrogens is 4. The van der Waals surface area contributed by atoms with Crippen molar-refractivity contribution in [3.8, 4) is 11.6 Å². The molecule has 0 radical (unpaired) electrons. The second kappa shape index (κ2) is 5.89. The largest absolute Gasteiger partial charge is 0.332 e. The Balaban J connectivity index is 1.76. The Morgan fingerprint density at radius 3 is 3.00 bits per heavy atom. The van der Waals surface area contributed by atoms with E-state index in [2.05, 4.69) is 20.1 Å². The summed E-state index contributed by atoms with van der Waals surface area (Å²) in [4.78, 5) is 13.0. The Morgan fingerprint density at radius 2 is 2.20 bits per heavy atom. The van der Waals surface area contributed by atoms with Crippen molar-refractivity contribution in [2.24, 2.45) is 5.73 Å². The lowest BCUT2D eigenvalue weighted by atomic mass is 10.2. The predicted octanol–water partition coefficient (Wildman–Crippen LogP) is 1.68. The summed E-state index contributed by atoms with van der Waals surface area (Å²) in [6, 6.07) is 5.74. The second-order valence-corrected chi connectivity index (χ2v) is 5.12. The van der Waals surface area contributed by atoms with Crippen LogP contribution in [0.4, 0.5) is 0 Å². The van der Waals surface area contributed by atoms with Crippen LogP contribution in [0.25, 0.3) is 11.6 Å². The molecule has 0 fully saturated rings. The van der Waals surface area contributed by atoms with Gasteiger partial charge in [0.05, 0.1) is 11.4 Å². The van der Waals surface area contributed by atoms with Crippen molar-refractivity contribution in [3.63, 3.8) is 0 Å². The lowest BCUT2D eigenvalue weighted by molar-refractivity contribution is 0.422. The van der Waals surface area contributed by atoms with Crippen LogP contribution < -0.4 is 5.73 Å². The van der Waals surface area contributed by atoms with Gasteiger partial charge >= 0.3 is 0 Å². The van der Waals surface area contributed by atoms with Crippen LogP contribution in [-0.4, -0.2) is 26.7 Å². The van der Waals surface area contributed by atoms with E-state index in [4.69, 9.17) is 10.3 Å². The number of nitrogens with two attached hydrogens (primary N) is 1. The quantitative estimate of drug-likeness (QED) is 0.767. The van der Waals surface area contributed by atoms with Crippen molar-refractivity contribution < 1.29 is 4.52 Å². The van der Waals surface area contributed by atoms with Crippen LogP contribution in [0.15, 0.2) is 34.3 Å². The maximum Gasteiger partial charge on any atom is 0.277 e. The van der Waals surface area contributed by atoms with Gasteiger partial charge in [0, 0.05) is 23.7 Å². The predicted molar refractivity (Wildman–Crippen MR) is 75.2 cm³/mol. The molecule has 6 nitrogen and oxygen atoms in total. The van der Waals surface area contributed by atoms with Gasteiger partial charge in [0.2, 0.25) is 0 Å². The summed E-state index contributed by atoms with van der Waals surface area (Å²) in [5.41, 5.74) is 7.12. The van der Waals surface area contributed by atoms with E-state index < -0.39 is 0 Å². The zero-order chi connectivity index (χ0) is 13.8. The molecule has 0 atom stereocenters. The molecule has 0 aliphatic carbocycles. The molecule has 2 N–H and O–H groups in total. The molecule has 0 amide bonds. The van der Waals surface area contributed by atoms with Crippen molar-refractivity contribution in [2.45, 2.75) is 12.8 Å². The minimum atomic E-state index is 0.440. The highest BCUT2D eigenvalue weighted by Gasteiger charge is 2.13. The van der Waals surface area contributed by atoms with Crippen LogP contribution in [0.1, 0.15) is 16.5 Å². The van der Waals surface area contributed by atoms with Gasteiger partial charge in [-0.2, -0.15) is 4.98 Å². The highest BCUT2D eigenvalue weighted by molar-refractivity contribution is 7.09. The minimum Gasteiger partial charge on any atom is -0.332 e. The molecule has 0 saturated carbocycles. The first-order valence-electron chi connectivity index (χ1n) is 6.22. The molecule has 102 valence electrons. The van der Waals surface area contributed by atoms with E-state index in [0.717, 1.165) is 17.1 Å². The summed E-state index contributed by atoms with van der Waals surface area (Å²) in [6.45, 7) is 0.585. The molecular weight excluding hydrogens is 274 g/mol. The Kier molecular flexibility index (Phi) is 3.80. The van der Waals surface area contributed by atoms with Gasteiger partial charge in [-0.1, -0.05) is 11.2 Å². The topological polar surface area (TPSA) is 90.7 Å². The monoisotopic (exact) mass is 287 g/mol. The summed E-state index contributed by atoms with van der Waals surface area (Å²) in [7, 11) is 0. The molecule has 3 aromatic heterocycles.